The SMILES string of the molecule is CCCCCCCC(NN)c1cnc2ccccc2n1. The number of hydrogen-bond donors (Lipinski definition) is 2. The number of fused-ring (bicyclic) bond motifs is 1. The third-order valence-corrected chi connectivity index (χ3v) is 3.62. The first-order valence-corrected chi connectivity index (χ1v) is 7.53. The second-order valence-corrected chi connectivity index (χ2v) is 5.21. The first kappa shape index (κ1) is 14.9. The molecule has 0 bridgehead atoms. The van der Waals surface area contributed by atoms with Crippen molar-refractivity contribution >= 4 is 11.0 Å². The number of para-hydroxylation sites is 2. The van der Waals surface area contributed by atoms with E-state index in [1.807, 2.05) is 30.5 Å². The van der Waals surface area contributed by atoms with E-state index < -0.39 is 0 Å². The first-order chi connectivity index (χ1) is 9.85. The Morgan fingerprint density at radius 1 is 1.10 bits per heavy atom. The molecule has 1 aromatic carbocycles. The monoisotopic (exact) mass is 272 g/mol. The summed E-state index contributed by atoms with van der Waals surface area (Å²) in [6.45, 7) is 2.23. The molecule has 0 radical (unpaired) electrons. The number of nitrogens with two attached hydrogens (primary N) is 1. The van der Waals surface area contributed by atoms with Crippen LogP contribution in [0.25, 0.3) is 11.0 Å². The fourth-order valence-electron chi connectivity index (χ4n) is 2.41. The average molecular weight is 272 g/mol. The summed E-state index contributed by atoms with van der Waals surface area (Å²) >= 11 is 0. The Morgan fingerprint density at radius 3 is 2.60 bits per heavy atom. The van der Waals surface area contributed by atoms with Gasteiger partial charge in [-0.2, -0.15) is 0 Å². The van der Waals surface area contributed by atoms with E-state index in [1.54, 1.807) is 0 Å². The third-order valence-electron chi connectivity index (χ3n) is 3.62. The summed E-state index contributed by atoms with van der Waals surface area (Å²) in [5.41, 5.74) is 5.66. The van der Waals surface area contributed by atoms with Gasteiger partial charge in [0.15, 0.2) is 0 Å². The lowest BCUT2D eigenvalue weighted by Crippen LogP contribution is -2.28. The number of unbranched alkanes of at least 4 members (excludes halogenated alkanes) is 4. The number of hydrazine groups is 1. The first-order valence-electron chi connectivity index (χ1n) is 7.53. The Labute approximate surface area is 120 Å². The minimum atomic E-state index is 0.0914. The van der Waals surface area contributed by atoms with E-state index >= 15 is 0 Å². The summed E-state index contributed by atoms with van der Waals surface area (Å²) in [7, 11) is 0. The number of rotatable bonds is 8. The minimum absolute atomic E-state index is 0.0914. The minimum Gasteiger partial charge on any atom is -0.271 e. The molecule has 0 saturated carbocycles. The highest BCUT2D eigenvalue weighted by molar-refractivity contribution is 5.73. The van der Waals surface area contributed by atoms with Crippen molar-refractivity contribution in [2.45, 2.75) is 51.5 Å². The van der Waals surface area contributed by atoms with Crippen LogP contribution in [0.4, 0.5) is 0 Å². The maximum Gasteiger partial charge on any atom is 0.0890 e. The van der Waals surface area contributed by atoms with Crippen molar-refractivity contribution < 1.29 is 0 Å². The summed E-state index contributed by atoms with van der Waals surface area (Å²) in [5, 5.41) is 0. The molecule has 2 rings (SSSR count). The van der Waals surface area contributed by atoms with E-state index in [-0.39, 0.29) is 6.04 Å². The highest BCUT2D eigenvalue weighted by Crippen LogP contribution is 2.19. The Balaban J connectivity index is 1.98. The van der Waals surface area contributed by atoms with Gasteiger partial charge in [0.05, 0.1) is 29.0 Å². The van der Waals surface area contributed by atoms with Crippen LogP contribution in [-0.2, 0) is 0 Å². The Bertz CT molecular complexity index is 527. The lowest BCUT2D eigenvalue weighted by Gasteiger charge is -2.15. The van der Waals surface area contributed by atoms with Gasteiger partial charge in [-0.1, -0.05) is 51.2 Å². The second-order valence-electron chi connectivity index (χ2n) is 5.21. The summed E-state index contributed by atoms with van der Waals surface area (Å²) in [4.78, 5) is 9.11. The predicted molar refractivity (Wildman–Crippen MR) is 83.0 cm³/mol. The quantitative estimate of drug-likeness (QED) is 0.438. The molecule has 0 amide bonds. The molecule has 0 aliphatic carbocycles. The number of aromatic nitrogens is 2. The maximum absolute atomic E-state index is 5.67. The van der Waals surface area contributed by atoms with E-state index in [0.29, 0.717) is 0 Å². The van der Waals surface area contributed by atoms with Crippen LogP contribution in [-0.4, -0.2) is 9.97 Å². The molecule has 0 aliphatic rings. The van der Waals surface area contributed by atoms with Crippen LogP contribution < -0.4 is 11.3 Å². The smallest absolute Gasteiger partial charge is 0.0890 e. The van der Waals surface area contributed by atoms with Gasteiger partial charge in [-0.25, -0.2) is 4.98 Å². The summed E-state index contributed by atoms with van der Waals surface area (Å²) in [6, 6.07) is 8.01. The molecular formula is C16H24N4. The fourth-order valence-corrected chi connectivity index (χ4v) is 2.41. The second kappa shape index (κ2) is 7.92. The highest BCUT2D eigenvalue weighted by atomic mass is 15.2. The van der Waals surface area contributed by atoms with E-state index in [4.69, 9.17) is 5.84 Å². The molecule has 4 nitrogen and oxygen atoms in total. The number of hydrogen-bond acceptors (Lipinski definition) is 4. The average Bonchev–Trinajstić information content (AvgIpc) is 2.50. The molecule has 1 aromatic heterocycles. The Morgan fingerprint density at radius 2 is 1.85 bits per heavy atom. The molecule has 0 aliphatic heterocycles. The van der Waals surface area contributed by atoms with Crippen LogP contribution in [0.15, 0.2) is 30.5 Å². The number of nitrogens with zero attached hydrogens (tertiary/aromatic N) is 2. The van der Waals surface area contributed by atoms with Gasteiger partial charge >= 0.3 is 0 Å². The maximum atomic E-state index is 5.67. The highest BCUT2D eigenvalue weighted by Gasteiger charge is 2.12. The molecule has 0 saturated heterocycles. The predicted octanol–water partition coefficient (Wildman–Crippen LogP) is 3.49. The molecular weight excluding hydrogens is 248 g/mol. The zero-order valence-corrected chi connectivity index (χ0v) is 12.2. The van der Waals surface area contributed by atoms with Crippen molar-refractivity contribution in [2.75, 3.05) is 0 Å². The van der Waals surface area contributed by atoms with Gasteiger partial charge in [0, 0.05) is 0 Å². The van der Waals surface area contributed by atoms with E-state index in [2.05, 4.69) is 22.3 Å². The molecule has 0 spiro atoms. The van der Waals surface area contributed by atoms with Gasteiger partial charge in [0.25, 0.3) is 0 Å². The van der Waals surface area contributed by atoms with Crippen LogP contribution in [0.5, 0.6) is 0 Å². The van der Waals surface area contributed by atoms with Crippen LogP contribution in [0.2, 0.25) is 0 Å². The Hall–Kier alpha value is -1.52. The lowest BCUT2D eigenvalue weighted by atomic mass is 10.0. The molecule has 1 atom stereocenters. The summed E-state index contributed by atoms with van der Waals surface area (Å²) < 4.78 is 0. The van der Waals surface area contributed by atoms with Gasteiger partial charge in [-0.3, -0.25) is 16.3 Å². The zero-order chi connectivity index (χ0) is 14.2. The molecule has 3 N–H and O–H groups in total. The summed E-state index contributed by atoms with van der Waals surface area (Å²) in [5.74, 6) is 5.67. The van der Waals surface area contributed by atoms with Crippen molar-refractivity contribution in [2.24, 2.45) is 5.84 Å². The van der Waals surface area contributed by atoms with Crippen molar-refractivity contribution in [3.05, 3.63) is 36.2 Å². The van der Waals surface area contributed by atoms with Crippen LogP contribution in [0.3, 0.4) is 0 Å². The molecule has 1 unspecified atom stereocenters. The number of nitrogens with one attached hydrogen (secondary N) is 1. The van der Waals surface area contributed by atoms with Crippen molar-refractivity contribution in [3.8, 4) is 0 Å². The van der Waals surface area contributed by atoms with Crippen LogP contribution >= 0.6 is 0 Å². The van der Waals surface area contributed by atoms with E-state index in [1.165, 1.54) is 32.1 Å². The van der Waals surface area contributed by atoms with E-state index in [9.17, 15) is 0 Å². The van der Waals surface area contributed by atoms with E-state index in [0.717, 1.165) is 23.1 Å². The van der Waals surface area contributed by atoms with Gasteiger partial charge in [0.1, 0.15) is 0 Å². The van der Waals surface area contributed by atoms with Crippen LogP contribution in [0, 0.1) is 0 Å². The third kappa shape index (κ3) is 3.99. The van der Waals surface area contributed by atoms with Gasteiger partial charge < -0.3 is 0 Å². The molecule has 1 heterocycles. The lowest BCUT2D eigenvalue weighted by molar-refractivity contribution is 0.470. The van der Waals surface area contributed by atoms with Crippen molar-refractivity contribution in [1.29, 1.82) is 0 Å². The van der Waals surface area contributed by atoms with Crippen molar-refractivity contribution in [3.63, 3.8) is 0 Å². The fraction of sp³-hybridized carbons (Fsp3) is 0.500. The van der Waals surface area contributed by atoms with Crippen molar-refractivity contribution in [1.82, 2.24) is 15.4 Å². The standard InChI is InChI=1S/C16H24N4/c1-2-3-4-5-6-11-15(20-17)16-12-18-13-9-7-8-10-14(13)19-16/h7-10,12,15,20H,2-6,11,17H2,1H3. The molecule has 2 aromatic rings. The zero-order valence-electron chi connectivity index (χ0n) is 12.2. The van der Waals surface area contributed by atoms with Crippen LogP contribution in [0.1, 0.15) is 57.2 Å². The largest absolute Gasteiger partial charge is 0.271 e. The normalized spacial score (nSPS) is 12.7. The van der Waals surface area contributed by atoms with Gasteiger partial charge in [-0.05, 0) is 18.6 Å². The molecule has 0 fully saturated rings. The number of benzene rings is 1. The Kier molecular flexibility index (Phi) is 5.89. The molecule has 4 heteroatoms. The van der Waals surface area contributed by atoms with Gasteiger partial charge in [0.2, 0.25) is 0 Å². The summed E-state index contributed by atoms with van der Waals surface area (Å²) in [6.07, 6.45) is 9.16. The molecule has 20 heavy (non-hydrogen) atoms. The van der Waals surface area contributed by atoms with Gasteiger partial charge in [-0.15, -0.1) is 0 Å². The molecule has 108 valence electrons. The topological polar surface area (TPSA) is 63.8 Å².